The lowest BCUT2D eigenvalue weighted by molar-refractivity contribution is 0.306. The largest absolute Gasteiger partial charge is 0.489 e. The molecular formula is C26H18N2O4. The predicted octanol–water partition coefficient (Wildman–Crippen LogP) is 4.59. The normalized spacial score (nSPS) is 15.0. The maximum Gasteiger partial charge on any atom is 0.344 e. The summed E-state index contributed by atoms with van der Waals surface area (Å²) in [6.07, 6.45) is 0. The van der Waals surface area contributed by atoms with Crippen molar-refractivity contribution in [2.75, 3.05) is 0 Å². The van der Waals surface area contributed by atoms with Crippen molar-refractivity contribution in [2.45, 2.75) is 12.5 Å². The third-order valence-corrected chi connectivity index (χ3v) is 5.41. The van der Waals surface area contributed by atoms with Crippen molar-refractivity contribution in [1.29, 1.82) is 5.26 Å². The molecule has 0 bridgehead atoms. The molecule has 156 valence electrons. The van der Waals surface area contributed by atoms with Crippen LogP contribution in [-0.4, -0.2) is 0 Å². The Morgan fingerprint density at radius 2 is 1.78 bits per heavy atom. The zero-order valence-corrected chi connectivity index (χ0v) is 16.9. The van der Waals surface area contributed by atoms with Crippen molar-refractivity contribution in [2.24, 2.45) is 5.73 Å². The summed E-state index contributed by atoms with van der Waals surface area (Å²) < 4.78 is 17.2. The van der Waals surface area contributed by atoms with Crippen LogP contribution in [0.15, 0.2) is 99.5 Å². The smallest absolute Gasteiger partial charge is 0.344 e. The molecule has 3 aromatic carbocycles. The van der Waals surface area contributed by atoms with Crippen LogP contribution in [0.4, 0.5) is 0 Å². The number of nitrogens with zero attached hydrogens (tertiary/aromatic N) is 1. The van der Waals surface area contributed by atoms with Gasteiger partial charge >= 0.3 is 5.63 Å². The second-order valence-electron chi connectivity index (χ2n) is 7.40. The highest BCUT2D eigenvalue weighted by Crippen LogP contribution is 2.43. The highest BCUT2D eigenvalue weighted by atomic mass is 16.5. The molecule has 0 saturated carbocycles. The molecule has 0 amide bonds. The van der Waals surface area contributed by atoms with Gasteiger partial charge in [-0.15, -0.1) is 0 Å². The average molecular weight is 422 g/mol. The maximum atomic E-state index is 13.0. The summed E-state index contributed by atoms with van der Waals surface area (Å²) in [6, 6.07) is 26.3. The first-order valence-corrected chi connectivity index (χ1v) is 10.1. The van der Waals surface area contributed by atoms with Gasteiger partial charge in [-0.1, -0.05) is 54.6 Å². The lowest BCUT2D eigenvalue weighted by atomic mass is 9.84. The molecule has 2 heterocycles. The molecular weight excluding hydrogens is 404 g/mol. The highest BCUT2D eigenvalue weighted by molar-refractivity contribution is 5.86. The Hall–Kier alpha value is -4.50. The number of ether oxygens (including phenoxy) is 2. The molecule has 1 aromatic heterocycles. The van der Waals surface area contributed by atoms with E-state index in [0.717, 1.165) is 5.56 Å². The first-order chi connectivity index (χ1) is 15.7. The zero-order valence-electron chi connectivity index (χ0n) is 16.9. The van der Waals surface area contributed by atoms with Gasteiger partial charge in [-0.3, -0.25) is 0 Å². The van der Waals surface area contributed by atoms with E-state index >= 15 is 0 Å². The number of allylic oxidation sites excluding steroid dienone is 1. The molecule has 32 heavy (non-hydrogen) atoms. The van der Waals surface area contributed by atoms with Crippen molar-refractivity contribution in [3.8, 4) is 17.6 Å². The minimum absolute atomic E-state index is 0.0311. The number of hydrogen-bond donors (Lipinski definition) is 1. The summed E-state index contributed by atoms with van der Waals surface area (Å²) in [7, 11) is 0. The van der Waals surface area contributed by atoms with Gasteiger partial charge in [0.25, 0.3) is 0 Å². The third-order valence-electron chi connectivity index (χ3n) is 5.41. The number of hydrogen-bond acceptors (Lipinski definition) is 6. The molecule has 1 unspecified atom stereocenters. The van der Waals surface area contributed by atoms with E-state index in [0.29, 0.717) is 34.6 Å². The van der Waals surface area contributed by atoms with E-state index in [1.165, 1.54) is 0 Å². The third kappa shape index (κ3) is 3.36. The van der Waals surface area contributed by atoms with Gasteiger partial charge in [0.15, 0.2) is 5.75 Å². The summed E-state index contributed by atoms with van der Waals surface area (Å²) in [5, 5.41) is 10.4. The fourth-order valence-electron chi connectivity index (χ4n) is 3.92. The summed E-state index contributed by atoms with van der Waals surface area (Å²) in [5.41, 5.74) is 8.05. The van der Waals surface area contributed by atoms with Gasteiger partial charge < -0.3 is 19.6 Å². The molecule has 0 aliphatic carbocycles. The van der Waals surface area contributed by atoms with Crippen LogP contribution in [0.2, 0.25) is 0 Å². The minimum atomic E-state index is -0.732. The van der Waals surface area contributed by atoms with Crippen molar-refractivity contribution in [3.63, 3.8) is 0 Å². The summed E-state index contributed by atoms with van der Waals surface area (Å²) in [6.45, 7) is 0.393. The number of para-hydroxylation sites is 1. The standard InChI is InChI=1S/C26H18N2O4/c27-14-20-22(17-9-6-10-18(13-17)30-15-16-7-2-1-3-8-16)23-24(32-25(20)28)19-11-4-5-12-21(19)31-26(23)29/h1-13,22H,15,28H2. The summed E-state index contributed by atoms with van der Waals surface area (Å²) in [5.74, 6) is 0.163. The lowest BCUT2D eigenvalue weighted by Crippen LogP contribution is -2.26. The molecule has 2 N–H and O–H groups in total. The lowest BCUT2D eigenvalue weighted by Gasteiger charge is -2.26. The monoisotopic (exact) mass is 422 g/mol. The van der Waals surface area contributed by atoms with Crippen LogP contribution < -0.4 is 20.8 Å². The van der Waals surface area contributed by atoms with Gasteiger partial charge in [0.1, 0.15) is 29.6 Å². The van der Waals surface area contributed by atoms with Gasteiger partial charge in [-0.25, -0.2) is 4.79 Å². The zero-order chi connectivity index (χ0) is 22.1. The molecule has 0 saturated heterocycles. The SMILES string of the molecule is N#CC1=C(N)Oc2c(c(=O)oc3ccccc23)C1c1cccc(OCc2ccccc2)c1. The Kier molecular flexibility index (Phi) is 4.85. The number of rotatable bonds is 4. The second-order valence-corrected chi connectivity index (χ2v) is 7.40. The van der Waals surface area contributed by atoms with Gasteiger partial charge in [0.05, 0.1) is 16.9 Å². The molecule has 6 nitrogen and oxygen atoms in total. The Morgan fingerprint density at radius 3 is 2.59 bits per heavy atom. The van der Waals surface area contributed by atoms with E-state index in [-0.39, 0.29) is 17.0 Å². The number of nitrogens with two attached hydrogens (primary N) is 1. The molecule has 4 aromatic rings. The van der Waals surface area contributed by atoms with Crippen molar-refractivity contribution in [1.82, 2.24) is 0 Å². The maximum absolute atomic E-state index is 13.0. The number of nitriles is 1. The second kappa shape index (κ2) is 7.97. The Labute approximate surface area is 183 Å². The summed E-state index contributed by atoms with van der Waals surface area (Å²) >= 11 is 0. The van der Waals surface area contributed by atoms with Crippen LogP contribution in [0.1, 0.15) is 22.6 Å². The topological polar surface area (TPSA) is 98.5 Å². The van der Waals surface area contributed by atoms with Gasteiger partial charge in [0, 0.05) is 0 Å². The molecule has 6 heteroatoms. The number of benzene rings is 3. The van der Waals surface area contributed by atoms with E-state index in [1.807, 2.05) is 60.7 Å². The molecule has 1 atom stereocenters. The molecule has 1 aliphatic rings. The fourth-order valence-corrected chi connectivity index (χ4v) is 3.92. The molecule has 0 spiro atoms. The van der Waals surface area contributed by atoms with Gasteiger partial charge in [-0.05, 0) is 35.4 Å². The van der Waals surface area contributed by atoms with E-state index in [1.54, 1.807) is 18.2 Å². The molecule has 1 aliphatic heterocycles. The highest BCUT2D eigenvalue weighted by Gasteiger charge is 2.35. The number of fused-ring (bicyclic) bond motifs is 3. The predicted molar refractivity (Wildman–Crippen MR) is 119 cm³/mol. The molecule has 0 radical (unpaired) electrons. The quantitative estimate of drug-likeness (QED) is 0.483. The van der Waals surface area contributed by atoms with Crippen LogP contribution in [0.25, 0.3) is 11.0 Å². The van der Waals surface area contributed by atoms with Gasteiger partial charge in [0.2, 0.25) is 5.88 Å². The van der Waals surface area contributed by atoms with Crippen molar-refractivity contribution < 1.29 is 13.9 Å². The Morgan fingerprint density at radius 1 is 1.00 bits per heavy atom. The van der Waals surface area contributed by atoms with Crippen LogP contribution in [0, 0.1) is 11.3 Å². The van der Waals surface area contributed by atoms with E-state index in [4.69, 9.17) is 19.6 Å². The van der Waals surface area contributed by atoms with Crippen molar-refractivity contribution in [3.05, 3.63) is 117 Å². The van der Waals surface area contributed by atoms with Crippen LogP contribution in [-0.2, 0) is 6.61 Å². The Bertz CT molecular complexity index is 1450. The minimum Gasteiger partial charge on any atom is -0.489 e. The molecule has 0 fully saturated rings. The first-order valence-electron chi connectivity index (χ1n) is 10.1. The van der Waals surface area contributed by atoms with Gasteiger partial charge in [-0.2, -0.15) is 5.26 Å². The average Bonchev–Trinajstić information content (AvgIpc) is 2.83. The van der Waals surface area contributed by atoms with Crippen LogP contribution in [0.3, 0.4) is 0 Å². The van der Waals surface area contributed by atoms with Crippen molar-refractivity contribution >= 4 is 11.0 Å². The molecule has 5 rings (SSSR count). The van der Waals surface area contributed by atoms with E-state index in [9.17, 15) is 10.1 Å². The van der Waals surface area contributed by atoms with E-state index < -0.39 is 11.5 Å². The Balaban J connectivity index is 1.61. The van der Waals surface area contributed by atoms with Crippen LogP contribution in [0.5, 0.6) is 11.5 Å². The van der Waals surface area contributed by atoms with E-state index in [2.05, 4.69) is 6.07 Å². The fraction of sp³-hybridized carbons (Fsp3) is 0.0769. The summed E-state index contributed by atoms with van der Waals surface area (Å²) in [4.78, 5) is 13.0. The first kappa shape index (κ1) is 19.5. The van der Waals surface area contributed by atoms with Crippen LogP contribution >= 0.6 is 0 Å².